The van der Waals surface area contributed by atoms with E-state index < -0.39 is 0 Å². The summed E-state index contributed by atoms with van der Waals surface area (Å²) >= 11 is 3.11. The van der Waals surface area contributed by atoms with Gasteiger partial charge in [-0.25, -0.2) is 0 Å². The highest BCUT2D eigenvalue weighted by Crippen LogP contribution is 1.92. The third-order valence-electron chi connectivity index (χ3n) is 0.653. The van der Waals surface area contributed by atoms with Crippen molar-refractivity contribution in [2.75, 3.05) is 12.1 Å². The Bertz CT molecular complexity index is 88.5. The second kappa shape index (κ2) is 5.06. The molecule has 46 valence electrons. The zero-order valence-corrected chi connectivity index (χ0v) is 6.28. The summed E-state index contributed by atoms with van der Waals surface area (Å²) in [6, 6.07) is 0. The maximum absolute atomic E-state index is 4.93. The molecule has 8 heavy (non-hydrogen) atoms. The Labute approximate surface area is 58.2 Å². The van der Waals surface area contributed by atoms with Gasteiger partial charge in [-0.3, -0.25) is 0 Å². The van der Waals surface area contributed by atoms with Crippen LogP contribution in [0.1, 0.15) is 0 Å². The maximum atomic E-state index is 4.93. The summed E-state index contributed by atoms with van der Waals surface area (Å²) in [5.41, 5.74) is 1.46. The minimum atomic E-state index is 0.555. The van der Waals surface area contributed by atoms with Crippen molar-refractivity contribution in [1.29, 1.82) is 0 Å². The summed E-state index contributed by atoms with van der Waals surface area (Å²) in [6.07, 6.45) is 1.68. The molecule has 0 aliphatic rings. The molecule has 0 fully saturated rings. The van der Waals surface area contributed by atoms with Crippen LogP contribution in [-0.4, -0.2) is 12.1 Å². The summed E-state index contributed by atoms with van der Waals surface area (Å²) in [4.78, 5) is 0. The van der Waals surface area contributed by atoms with Crippen LogP contribution in [0.25, 0.3) is 0 Å². The normalized spacial score (nSPS) is 8.62. The lowest BCUT2D eigenvalue weighted by atomic mass is 10.3. The molecule has 0 saturated heterocycles. The summed E-state index contributed by atoms with van der Waals surface area (Å²) in [5, 5.41) is 0. The number of rotatable bonds is 4. The Morgan fingerprint density at radius 1 is 1.75 bits per heavy atom. The third-order valence-corrected chi connectivity index (χ3v) is 0.977. The van der Waals surface area contributed by atoms with E-state index in [2.05, 4.69) is 29.1 Å². The van der Waals surface area contributed by atoms with E-state index in [-0.39, 0.29) is 0 Å². The molecule has 2 heteroatoms. The van der Waals surface area contributed by atoms with Gasteiger partial charge in [0.05, 0.1) is 6.61 Å². The molecule has 0 atom stereocenters. The van der Waals surface area contributed by atoms with E-state index in [1.165, 1.54) is 0 Å². The quantitative estimate of drug-likeness (QED) is 0.472. The molecule has 0 amide bonds. The van der Waals surface area contributed by atoms with Gasteiger partial charge in [0.15, 0.2) is 0 Å². The summed E-state index contributed by atoms with van der Waals surface area (Å²) in [5.74, 6) is 0. The van der Waals surface area contributed by atoms with Crippen molar-refractivity contribution >= 4 is 15.9 Å². The fraction of sp³-hybridized carbons (Fsp3) is 0.333. The van der Waals surface area contributed by atoms with E-state index in [0.717, 1.165) is 5.57 Å². The first-order valence-electron chi connectivity index (χ1n) is 2.25. The van der Waals surface area contributed by atoms with E-state index >= 15 is 0 Å². The number of ether oxygens (including phenoxy) is 1. The SMILES string of the molecule is C=CC(=C)COCBr. The molecule has 0 spiro atoms. The van der Waals surface area contributed by atoms with Crippen LogP contribution in [0.4, 0.5) is 0 Å². The number of halogens is 1. The molecular weight excluding hydrogens is 168 g/mol. The Balaban J connectivity index is 3.11. The predicted molar refractivity (Wildman–Crippen MR) is 39.1 cm³/mol. The highest BCUT2D eigenvalue weighted by Gasteiger charge is 1.83. The smallest absolute Gasteiger partial charge is 0.102 e. The molecule has 0 unspecified atom stereocenters. The highest BCUT2D eigenvalue weighted by molar-refractivity contribution is 9.09. The van der Waals surface area contributed by atoms with E-state index in [4.69, 9.17) is 4.74 Å². The maximum Gasteiger partial charge on any atom is 0.102 e. The van der Waals surface area contributed by atoms with Crippen LogP contribution in [0.5, 0.6) is 0 Å². The molecular formula is C6H9BrO. The average Bonchev–Trinajstić information content (AvgIpc) is 1.83. The first kappa shape index (κ1) is 7.92. The molecule has 0 heterocycles. The van der Waals surface area contributed by atoms with Gasteiger partial charge in [-0.1, -0.05) is 35.2 Å². The topological polar surface area (TPSA) is 9.23 Å². The lowest BCUT2D eigenvalue weighted by molar-refractivity contribution is 0.215. The summed E-state index contributed by atoms with van der Waals surface area (Å²) < 4.78 is 4.93. The van der Waals surface area contributed by atoms with Crippen LogP contribution in [0.2, 0.25) is 0 Å². The molecule has 0 aliphatic carbocycles. The number of hydrogen-bond acceptors (Lipinski definition) is 1. The van der Waals surface area contributed by atoms with Gasteiger partial charge in [0.25, 0.3) is 0 Å². The standard InChI is InChI=1S/C6H9BrO/c1-3-6(2)4-8-5-7/h3H,1-2,4-5H2. The molecule has 0 aromatic heterocycles. The second-order valence-corrected chi connectivity index (χ2v) is 1.78. The van der Waals surface area contributed by atoms with Crippen molar-refractivity contribution in [1.82, 2.24) is 0 Å². The Kier molecular flexibility index (Phi) is 5.01. The Morgan fingerprint density at radius 3 is 2.75 bits per heavy atom. The lowest BCUT2D eigenvalue weighted by Crippen LogP contribution is -1.91. The van der Waals surface area contributed by atoms with E-state index in [0.29, 0.717) is 12.1 Å². The van der Waals surface area contributed by atoms with Gasteiger partial charge in [-0.05, 0) is 5.57 Å². The number of hydrogen-bond donors (Lipinski definition) is 0. The fourth-order valence-corrected chi connectivity index (χ4v) is 0.390. The second-order valence-electron chi connectivity index (χ2n) is 1.32. The zero-order chi connectivity index (χ0) is 6.41. The Morgan fingerprint density at radius 2 is 2.38 bits per heavy atom. The van der Waals surface area contributed by atoms with Crippen molar-refractivity contribution in [2.45, 2.75) is 0 Å². The predicted octanol–water partition coefficient (Wildman–Crippen LogP) is 2.10. The Hall–Kier alpha value is -0.0800. The largest absolute Gasteiger partial charge is 0.366 e. The molecule has 0 rings (SSSR count). The molecule has 0 aromatic carbocycles. The van der Waals surface area contributed by atoms with Gasteiger partial charge in [0.2, 0.25) is 0 Å². The molecule has 1 nitrogen and oxygen atoms in total. The van der Waals surface area contributed by atoms with Crippen LogP contribution in [-0.2, 0) is 4.74 Å². The molecule has 0 aliphatic heterocycles. The molecule has 0 radical (unpaired) electrons. The monoisotopic (exact) mass is 176 g/mol. The summed E-state index contributed by atoms with van der Waals surface area (Å²) in [7, 11) is 0. The third kappa shape index (κ3) is 4.09. The van der Waals surface area contributed by atoms with Gasteiger partial charge in [0.1, 0.15) is 5.52 Å². The van der Waals surface area contributed by atoms with Crippen LogP contribution in [0, 0.1) is 0 Å². The minimum absolute atomic E-state index is 0.555. The van der Waals surface area contributed by atoms with Crippen molar-refractivity contribution in [3.63, 3.8) is 0 Å². The van der Waals surface area contributed by atoms with Crippen molar-refractivity contribution in [3.05, 3.63) is 24.8 Å². The van der Waals surface area contributed by atoms with E-state index in [1.54, 1.807) is 6.08 Å². The fourth-order valence-electron chi connectivity index (χ4n) is 0.229. The van der Waals surface area contributed by atoms with Gasteiger partial charge in [-0.2, -0.15) is 0 Å². The van der Waals surface area contributed by atoms with Crippen LogP contribution in [0.15, 0.2) is 24.8 Å². The zero-order valence-electron chi connectivity index (χ0n) is 4.69. The lowest BCUT2D eigenvalue weighted by Gasteiger charge is -1.96. The minimum Gasteiger partial charge on any atom is -0.366 e. The van der Waals surface area contributed by atoms with Crippen LogP contribution < -0.4 is 0 Å². The van der Waals surface area contributed by atoms with Gasteiger partial charge in [-0.15, -0.1) is 0 Å². The van der Waals surface area contributed by atoms with Gasteiger partial charge in [0, 0.05) is 0 Å². The van der Waals surface area contributed by atoms with E-state index in [1.807, 2.05) is 0 Å². The van der Waals surface area contributed by atoms with Gasteiger partial charge >= 0.3 is 0 Å². The number of alkyl halides is 1. The molecule has 0 saturated carbocycles. The average molecular weight is 177 g/mol. The first-order chi connectivity index (χ1) is 3.81. The van der Waals surface area contributed by atoms with Gasteiger partial charge < -0.3 is 4.74 Å². The van der Waals surface area contributed by atoms with Crippen molar-refractivity contribution in [2.24, 2.45) is 0 Å². The van der Waals surface area contributed by atoms with Crippen molar-refractivity contribution in [3.8, 4) is 0 Å². The van der Waals surface area contributed by atoms with Crippen LogP contribution >= 0.6 is 15.9 Å². The van der Waals surface area contributed by atoms with E-state index in [9.17, 15) is 0 Å². The highest BCUT2D eigenvalue weighted by atomic mass is 79.9. The first-order valence-corrected chi connectivity index (χ1v) is 3.37. The molecule has 0 N–H and O–H groups in total. The molecule has 0 aromatic rings. The van der Waals surface area contributed by atoms with Crippen molar-refractivity contribution < 1.29 is 4.74 Å². The van der Waals surface area contributed by atoms with Crippen LogP contribution in [0.3, 0.4) is 0 Å². The summed E-state index contributed by atoms with van der Waals surface area (Å²) in [6.45, 7) is 7.73. The molecule has 0 bridgehead atoms.